The maximum Gasteiger partial charge on any atom is 0.412 e. The fraction of sp³-hybridized carbons (Fsp3) is 0.852. The van der Waals surface area contributed by atoms with Gasteiger partial charge in [0.05, 0.1) is 50.0 Å². The third-order valence-electron chi connectivity index (χ3n) is 12.9. The summed E-state index contributed by atoms with van der Waals surface area (Å²) >= 11 is 0. The van der Waals surface area contributed by atoms with Crippen LogP contribution in [-0.4, -0.2) is 213 Å². The molecule has 6 amide bonds. The lowest BCUT2D eigenvalue weighted by molar-refractivity contribution is -0.305. The number of carbonyl (C=O) groups is 6. The largest absolute Gasteiger partial charge is 0.491 e. The maximum absolute atomic E-state index is 14.1. The van der Waals surface area contributed by atoms with Gasteiger partial charge < -0.3 is 94.5 Å². The Balaban J connectivity index is 1.80. The summed E-state index contributed by atoms with van der Waals surface area (Å²) in [6.45, 7) is 29.8. The van der Waals surface area contributed by atoms with Crippen molar-refractivity contribution < 1.29 is 91.8 Å². The van der Waals surface area contributed by atoms with E-state index in [9.17, 15) is 49.2 Å². The van der Waals surface area contributed by atoms with Gasteiger partial charge in [-0.05, 0) is 150 Å². The van der Waals surface area contributed by atoms with Crippen LogP contribution in [0.1, 0.15) is 144 Å². The van der Waals surface area contributed by atoms with Crippen molar-refractivity contribution in [3.63, 3.8) is 0 Å². The van der Waals surface area contributed by atoms with Gasteiger partial charge in [0, 0.05) is 32.1 Å². The second-order valence-corrected chi connectivity index (χ2v) is 26.7. The van der Waals surface area contributed by atoms with Crippen LogP contribution in [0, 0.1) is 5.92 Å². The summed E-state index contributed by atoms with van der Waals surface area (Å²) in [7, 11) is 1.32. The van der Waals surface area contributed by atoms with Crippen molar-refractivity contribution in [3.8, 4) is 0 Å². The van der Waals surface area contributed by atoms with Gasteiger partial charge in [-0.15, -0.1) is 0 Å². The van der Waals surface area contributed by atoms with Crippen LogP contribution in [-0.2, 0) is 47.4 Å². The third-order valence-corrected chi connectivity index (χ3v) is 12.9. The second-order valence-electron chi connectivity index (χ2n) is 26.7. The van der Waals surface area contributed by atoms with Crippen LogP contribution in [0.2, 0.25) is 0 Å². The highest BCUT2D eigenvalue weighted by Gasteiger charge is 2.57. The third kappa shape index (κ3) is 20.2. The number of aliphatic hydroxyl groups is 4. The van der Waals surface area contributed by atoms with Crippen LogP contribution in [0.3, 0.4) is 0 Å². The fourth-order valence-electron chi connectivity index (χ4n) is 9.80. The molecule has 460 valence electrons. The molecular weight excluding hydrogens is 1050 g/mol. The number of amides is 6. The summed E-state index contributed by atoms with van der Waals surface area (Å²) in [5.41, 5.74) is -7.43. The predicted octanol–water partition coefficient (Wildman–Crippen LogP) is 3.64. The van der Waals surface area contributed by atoms with Gasteiger partial charge in [0.2, 0.25) is 5.91 Å². The molecule has 3 heterocycles. The molecule has 0 aromatic carbocycles. The Morgan fingerprint density at radius 2 is 1.29 bits per heavy atom. The highest BCUT2D eigenvalue weighted by atomic mass is 16.7. The van der Waals surface area contributed by atoms with Gasteiger partial charge in [0.15, 0.2) is 6.29 Å². The van der Waals surface area contributed by atoms with E-state index in [2.05, 4.69) is 26.6 Å². The fourth-order valence-corrected chi connectivity index (χ4v) is 9.80. The zero-order chi connectivity index (χ0) is 60.9. The number of aliphatic hydroxyl groups excluding tert-OH is 3. The van der Waals surface area contributed by atoms with Crippen LogP contribution >= 0.6 is 0 Å². The van der Waals surface area contributed by atoms with Crippen molar-refractivity contribution in [2.75, 3.05) is 39.9 Å². The van der Waals surface area contributed by atoms with Crippen molar-refractivity contribution in [1.82, 2.24) is 36.4 Å². The van der Waals surface area contributed by atoms with Crippen molar-refractivity contribution in [1.29, 1.82) is 0 Å². The number of nitrogens with one attached hydrogen (secondary N) is 5. The quantitative estimate of drug-likeness (QED) is 0.106. The summed E-state index contributed by atoms with van der Waals surface area (Å²) in [5, 5.41) is 62.3. The number of rotatable bonds is 15. The summed E-state index contributed by atoms with van der Waals surface area (Å²) in [6.07, 6.45) is -12.9. The summed E-state index contributed by atoms with van der Waals surface area (Å²) in [5.74, 6) is -1.95. The Bertz CT molecular complexity index is 2180. The Labute approximate surface area is 471 Å². The minimum atomic E-state index is -1.89. The number of hydrogen-bond donors (Lipinski definition) is 9. The van der Waals surface area contributed by atoms with Crippen LogP contribution in [0.15, 0.2) is 11.8 Å². The highest BCUT2D eigenvalue weighted by Crippen LogP contribution is 2.39. The number of ether oxygens (including phenoxy) is 9. The van der Waals surface area contributed by atoms with Crippen LogP contribution in [0.25, 0.3) is 0 Å². The molecule has 26 heteroatoms. The molecule has 0 aromatic rings. The Kier molecular flexibility index (Phi) is 22.0. The number of hydrogen-bond acceptors (Lipinski definition) is 20. The zero-order valence-corrected chi connectivity index (χ0v) is 50.5. The number of alkyl carbamates (subject to hydrolysis) is 3. The number of carbonyl (C=O) groups excluding carboxylic acids is 6. The molecule has 1 aliphatic carbocycles. The first-order valence-corrected chi connectivity index (χ1v) is 27.4. The van der Waals surface area contributed by atoms with Crippen molar-refractivity contribution in [2.24, 2.45) is 5.92 Å². The predicted molar refractivity (Wildman–Crippen MR) is 289 cm³/mol. The van der Waals surface area contributed by atoms with E-state index in [1.54, 1.807) is 124 Å². The minimum Gasteiger partial charge on any atom is -0.491 e. The van der Waals surface area contributed by atoms with Crippen LogP contribution in [0.5, 0.6) is 0 Å². The molecule has 1 saturated carbocycles. The molecule has 26 nitrogen and oxygen atoms in total. The van der Waals surface area contributed by atoms with Crippen molar-refractivity contribution >= 4 is 36.4 Å². The molecule has 80 heavy (non-hydrogen) atoms. The van der Waals surface area contributed by atoms with Gasteiger partial charge in [0.25, 0.3) is 0 Å². The minimum absolute atomic E-state index is 0.0512. The van der Waals surface area contributed by atoms with Crippen molar-refractivity contribution in [2.45, 2.75) is 250 Å². The first-order valence-electron chi connectivity index (χ1n) is 27.4. The Hall–Kier alpha value is -4.96. The van der Waals surface area contributed by atoms with E-state index in [1.807, 2.05) is 0 Å². The first-order chi connectivity index (χ1) is 36.4. The molecule has 0 spiro atoms. The van der Waals surface area contributed by atoms with E-state index >= 15 is 0 Å². The van der Waals surface area contributed by atoms with Gasteiger partial charge in [-0.1, -0.05) is 0 Å². The molecule has 0 bridgehead atoms. The number of likely N-dealkylation sites (N-methyl/N-ethyl adjacent to an activating group) is 1. The SMILES string of the molecule is CN(C(=O)OC(C)(C)C)[C@@H]1[C@@H](O)[C@@H](O[C@H]2[C@H](NC(=O)[C@@H](O)CCNC(=O)OC(C)(C)C)C[C@H](NC(=O)OC(C)(C)C)C([C@H]3OC(CNCC4COC(C)(C)N4C(=O)OC(C)(C)C)=CC[C@H]3NC(=O)OC(C)(C)C)[C@@H]2O)OC[C@]1(C)O. The van der Waals surface area contributed by atoms with Gasteiger partial charge in [0.1, 0.15) is 69.5 Å². The standard InChI is InChI=1S/C54H95N7O19/c1-48(2,3)76-43(66)56-23-22-34(62)41(65)57-33-24-32(59-45(68)78-50(7,8)9)35(36(63)39(33)75-42-37(64)40(54(18,71)28-72-42)60(19)46(69)79-51(10,11)12)38-31(58-44(67)77-49(4,5)6)21-20-30(74-38)26-55-25-29-27-73-53(16,17)61(29)47(70)80-52(13,14)15/h20,29,31-40,42,55,62-64,71H,21-28H2,1-19H3,(H,56,66)(H,57,65)(H,58,67)(H,59,68)/t29?,31-,32+,33-,34+,35?,36+,37-,38+,39+,40-,42-,54+/m1/s1. The lowest BCUT2D eigenvalue weighted by Gasteiger charge is -2.52. The van der Waals surface area contributed by atoms with Crippen LogP contribution in [0.4, 0.5) is 24.0 Å². The summed E-state index contributed by atoms with van der Waals surface area (Å²) in [4.78, 5) is 83.5. The van der Waals surface area contributed by atoms with E-state index in [-0.39, 0.29) is 45.5 Å². The topological polar surface area (TPSA) is 333 Å². The molecular formula is C54H95N7O19. The van der Waals surface area contributed by atoms with E-state index in [4.69, 9.17) is 42.6 Å². The summed E-state index contributed by atoms with van der Waals surface area (Å²) in [6, 6.07) is -5.47. The molecule has 13 atom stereocenters. The molecule has 3 aliphatic heterocycles. The molecule has 9 N–H and O–H groups in total. The molecule has 2 saturated heterocycles. The first kappa shape index (κ1) is 67.5. The zero-order valence-electron chi connectivity index (χ0n) is 50.5. The highest BCUT2D eigenvalue weighted by molar-refractivity contribution is 5.81. The Morgan fingerprint density at radius 3 is 1.84 bits per heavy atom. The van der Waals surface area contributed by atoms with Gasteiger partial charge >= 0.3 is 30.5 Å². The second kappa shape index (κ2) is 26.1. The summed E-state index contributed by atoms with van der Waals surface area (Å²) < 4.78 is 53.2. The smallest absolute Gasteiger partial charge is 0.412 e. The molecule has 2 unspecified atom stereocenters. The normalized spacial score (nSPS) is 29.6. The van der Waals surface area contributed by atoms with E-state index in [1.165, 1.54) is 18.9 Å². The lowest BCUT2D eigenvalue weighted by atomic mass is 9.72. The Morgan fingerprint density at radius 1 is 0.750 bits per heavy atom. The average Bonchev–Trinajstić information content (AvgIpc) is 3.56. The van der Waals surface area contributed by atoms with Crippen molar-refractivity contribution in [3.05, 3.63) is 11.8 Å². The molecule has 3 fully saturated rings. The molecule has 0 aromatic heterocycles. The monoisotopic (exact) mass is 1150 g/mol. The maximum atomic E-state index is 14.1. The molecule has 4 rings (SSSR count). The average molecular weight is 1150 g/mol. The van der Waals surface area contributed by atoms with Gasteiger partial charge in [-0.2, -0.15) is 0 Å². The van der Waals surface area contributed by atoms with E-state index < -0.39 is 155 Å². The lowest BCUT2D eigenvalue weighted by Crippen LogP contribution is -2.71. The van der Waals surface area contributed by atoms with E-state index in [0.717, 1.165) is 4.90 Å². The van der Waals surface area contributed by atoms with Crippen LogP contribution < -0.4 is 26.6 Å². The molecule has 4 aliphatic rings. The van der Waals surface area contributed by atoms with E-state index in [0.29, 0.717) is 5.76 Å². The number of nitrogens with zero attached hydrogens (tertiary/aromatic N) is 2. The van der Waals surface area contributed by atoms with Gasteiger partial charge in [-0.3, -0.25) is 9.69 Å². The van der Waals surface area contributed by atoms with Gasteiger partial charge in [-0.25, -0.2) is 24.0 Å². The molecule has 0 radical (unpaired) electrons.